The Morgan fingerprint density at radius 1 is 1.33 bits per heavy atom. The summed E-state index contributed by atoms with van der Waals surface area (Å²) >= 11 is 0. The first-order chi connectivity index (χ1) is 8.67. The second kappa shape index (κ2) is 5.20. The van der Waals surface area contributed by atoms with Gasteiger partial charge in [0.1, 0.15) is 5.58 Å². The highest BCUT2D eigenvalue weighted by atomic mass is 16.3. The van der Waals surface area contributed by atoms with Gasteiger partial charge in [-0.3, -0.25) is 4.79 Å². The largest absolute Gasteiger partial charge is 0.451 e. The van der Waals surface area contributed by atoms with Crippen LogP contribution in [0.5, 0.6) is 0 Å². The summed E-state index contributed by atoms with van der Waals surface area (Å²) in [6.07, 6.45) is 0. The van der Waals surface area contributed by atoms with E-state index in [0.717, 1.165) is 10.9 Å². The van der Waals surface area contributed by atoms with Gasteiger partial charge in [-0.1, -0.05) is 18.2 Å². The number of hydrogen-bond donors (Lipinski definition) is 3. The zero-order valence-corrected chi connectivity index (χ0v) is 10.0. The summed E-state index contributed by atoms with van der Waals surface area (Å²) in [5.41, 5.74) is 1.39. The predicted molar refractivity (Wildman–Crippen MR) is 66.4 cm³/mol. The van der Waals surface area contributed by atoms with E-state index in [1.807, 2.05) is 18.2 Å². The summed E-state index contributed by atoms with van der Waals surface area (Å²) in [5.74, 6) is -0.222. The van der Waals surface area contributed by atoms with Gasteiger partial charge in [-0.2, -0.15) is 0 Å². The number of nitrogens with one attached hydrogen (secondary N) is 1. The molecule has 1 aromatic carbocycles. The number of furan rings is 1. The Bertz CT molecular complexity index is 557. The number of aliphatic hydroxyl groups excluding tert-OH is 2. The van der Waals surface area contributed by atoms with Gasteiger partial charge in [0.15, 0.2) is 5.76 Å². The van der Waals surface area contributed by atoms with Crippen LogP contribution in [0.4, 0.5) is 0 Å². The minimum absolute atomic E-state index is 0.211. The van der Waals surface area contributed by atoms with Gasteiger partial charge in [0.2, 0.25) is 0 Å². The number of rotatable bonds is 4. The fourth-order valence-corrected chi connectivity index (χ4v) is 1.79. The summed E-state index contributed by atoms with van der Waals surface area (Å²) in [4.78, 5) is 11.9. The number of para-hydroxylation sites is 1. The molecule has 0 bridgehead atoms. The lowest BCUT2D eigenvalue weighted by Gasteiger charge is -2.12. The Labute approximate surface area is 104 Å². The number of benzene rings is 1. The van der Waals surface area contributed by atoms with Crippen molar-refractivity contribution in [3.8, 4) is 0 Å². The van der Waals surface area contributed by atoms with E-state index in [9.17, 15) is 4.79 Å². The van der Waals surface area contributed by atoms with Gasteiger partial charge >= 0.3 is 0 Å². The number of fused-ring (bicyclic) bond motifs is 1. The smallest absolute Gasteiger partial charge is 0.287 e. The molecule has 0 unspecified atom stereocenters. The molecule has 1 amide bonds. The zero-order valence-electron chi connectivity index (χ0n) is 10.0. The predicted octanol–water partition coefficient (Wildman–Crippen LogP) is 0.824. The molecule has 18 heavy (non-hydrogen) atoms. The van der Waals surface area contributed by atoms with Crippen LogP contribution in [0.2, 0.25) is 0 Å². The van der Waals surface area contributed by atoms with Crippen molar-refractivity contribution in [2.24, 2.45) is 0 Å². The van der Waals surface area contributed by atoms with Crippen LogP contribution in [0.1, 0.15) is 16.1 Å². The highest BCUT2D eigenvalue weighted by Crippen LogP contribution is 2.24. The van der Waals surface area contributed by atoms with Crippen LogP contribution in [-0.4, -0.2) is 35.4 Å². The first kappa shape index (κ1) is 12.6. The lowest BCUT2D eigenvalue weighted by Crippen LogP contribution is -2.40. The number of aryl methyl sites for hydroxylation is 1. The molecule has 0 atom stereocenters. The Morgan fingerprint density at radius 2 is 2.00 bits per heavy atom. The van der Waals surface area contributed by atoms with Gasteiger partial charge in [-0.05, 0) is 13.0 Å². The van der Waals surface area contributed by atoms with Crippen LogP contribution in [0, 0.1) is 6.92 Å². The van der Waals surface area contributed by atoms with E-state index in [0.29, 0.717) is 5.58 Å². The van der Waals surface area contributed by atoms with Crippen molar-refractivity contribution in [3.05, 3.63) is 35.6 Å². The van der Waals surface area contributed by atoms with E-state index in [1.54, 1.807) is 13.0 Å². The first-order valence-electron chi connectivity index (χ1n) is 5.68. The van der Waals surface area contributed by atoms with Crippen molar-refractivity contribution >= 4 is 16.9 Å². The minimum atomic E-state index is -0.676. The molecule has 0 saturated heterocycles. The Morgan fingerprint density at radius 3 is 2.61 bits per heavy atom. The average Bonchev–Trinajstić information content (AvgIpc) is 2.74. The van der Waals surface area contributed by atoms with E-state index in [4.69, 9.17) is 14.6 Å². The molecule has 5 heteroatoms. The molecular weight excluding hydrogens is 234 g/mol. The van der Waals surface area contributed by atoms with Crippen LogP contribution in [0.3, 0.4) is 0 Å². The van der Waals surface area contributed by atoms with E-state index in [-0.39, 0.29) is 19.0 Å². The van der Waals surface area contributed by atoms with Crippen molar-refractivity contribution < 1.29 is 19.4 Å². The summed E-state index contributed by atoms with van der Waals surface area (Å²) in [5, 5.41) is 21.2. The molecule has 0 aliphatic rings. The number of aliphatic hydroxyl groups is 2. The molecule has 1 heterocycles. The van der Waals surface area contributed by atoms with Gasteiger partial charge in [0, 0.05) is 10.9 Å². The summed E-state index contributed by atoms with van der Waals surface area (Å²) in [6.45, 7) is 1.16. The average molecular weight is 249 g/mol. The molecule has 0 aliphatic carbocycles. The Hall–Kier alpha value is -1.85. The monoisotopic (exact) mass is 249 g/mol. The van der Waals surface area contributed by atoms with Crippen LogP contribution in [-0.2, 0) is 0 Å². The number of carbonyl (C=O) groups excluding carboxylic acids is 1. The van der Waals surface area contributed by atoms with E-state index < -0.39 is 11.9 Å². The Kier molecular flexibility index (Phi) is 3.64. The lowest BCUT2D eigenvalue weighted by atomic mass is 10.1. The van der Waals surface area contributed by atoms with E-state index >= 15 is 0 Å². The molecule has 96 valence electrons. The molecule has 0 radical (unpaired) electrons. The highest BCUT2D eigenvalue weighted by molar-refractivity contribution is 5.99. The normalized spacial score (nSPS) is 11.1. The third-order valence-corrected chi connectivity index (χ3v) is 2.83. The molecule has 2 aromatic rings. The highest BCUT2D eigenvalue weighted by Gasteiger charge is 2.19. The van der Waals surface area contributed by atoms with Crippen LogP contribution in [0.25, 0.3) is 11.0 Å². The maximum Gasteiger partial charge on any atom is 0.287 e. The zero-order chi connectivity index (χ0) is 13.1. The fourth-order valence-electron chi connectivity index (χ4n) is 1.79. The summed E-state index contributed by atoms with van der Waals surface area (Å²) in [7, 11) is 0. The molecule has 1 aromatic heterocycles. The van der Waals surface area contributed by atoms with Gasteiger partial charge in [-0.25, -0.2) is 0 Å². The van der Waals surface area contributed by atoms with Crippen molar-refractivity contribution in [2.45, 2.75) is 13.0 Å². The molecule has 0 spiro atoms. The third kappa shape index (κ3) is 2.23. The van der Waals surface area contributed by atoms with Gasteiger partial charge in [-0.15, -0.1) is 0 Å². The lowest BCUT2D eigenvalue weighted by molar-refractivity contribution is 0.0853. The number of carbonyl (C=O) groups is 1. The summed E-state index contributed by atoms with van der Waals surface area (Å²) < 4.78 is 5.48. The second-order valence-electron chi connectivity index (χ2n) is 4.09. The number of hydrogen-bond acceptors (Lipinski definition) is 4. The molecule has 2 rings (SSSR count). The first-order valence-corrected chi connectivity index (χ1v) is 5.68. The standard InChI is InChI=1S/C13H15NO4/c1-8-10-4-2-3-5-11(10)18-12(8)13(17)14-9(6-15)7-16/h2-5,9,15-16H,6-7H2,1H3,(H,14,17). The van der Waals surface area contributed by atoms with Crippen molar-refractivity contribution in [1.29, 1.82) is 0 Å². The molecular formula is C13H15NO4. The molecule has 5 nitrogen and oxygen atoms in total. The maximum absolute atomic E-state index is 11.9. The van der Waals surface area contributed by atoms with E-state index in [1.165, 1.54) is 0 Å². The minimum Gasteiger partial charge on any atom is -0.451 e. The fraction of sp³-hybridized carbons (Fsp3) is 0.308. The van der Waals surface area contributed by atoms with E-state index in [2.05, 4.69) is 5.32 Å². The van der Waals surface area contributed by atoms with Crippen molar-refractivity contribution in [1.82, 2.24) is 5.32 Å². The maximum atomic E-state index is 11.9. The molecule has 0 saturated carbocycles. The van der Waals surface area contributed by atoms with Crippen LogP contribution in [0.15, 0.2) is 28.7 Å². The topological polar surface area (TPSA) is 82.7 Å². The quantitative estimate of drug-likeness (QED) is 0.749. The van der Waals surface area contributed by atoms with Crippen molar-refractivity contribution in [2.75, 3.05) is 13.2 Å². The third-order valence-electron chi connectivity index (χ3n) is 2.83. The molecule has 0 aliphatic heterocycles. The molecule has 0 fully saturated rings. The van der Waals surface area contributed by atoms with Crippen molar-refractivity contribution in [3.63, 3.8) is 0 Å². The Balaban J connectivity index is 2.30. The SMILES string of the molecule is Cc1c(C(=O)NC(CO)CO)oc2ccccc12. The molecule has 3 N–H and O–H groups in total. The van der Waals surface area contributed by atoms with Crippen LogP contribution < -0.4 is 5.32 Å². The van der Waals surface area contributed by atoms with Gasteiger partial charge in [0.05, 0.1) is 19.3 Å². The van der Waals surface area contributed by atoms with Gasteiger partial charge in [0.25, 0.3) is 5.91 Å². The van der Waals surface area contributed by atoms with Gasteiger partial charge < -0.3 is 19.9 Å². The second-order valence-corrected chi connectivity index (χ2v) is 4.09. The summed E-state index contributed by atoms with van der Waals surface area (Å²) in [6, 6.07) is 6.69. The number of amides is 1. The van der Waals surface area contributed by atoms with Crippen LogP contribution >= 0.6 is 0 Å².